The number of carbonyl (C=O) groups is 1. The molecule has 8 heteroatoms. The summed E-state index contributed by atoms with van der Waals surface area (Å²) in [6.07, 6.45) is -1.07. The van der Waals surface area contributed by atoms with Crippen molar-refractivity contribution < 1.29 is 19.9 Å². The third-order valence-electron chi connectivity index (χ3n) is 2.72. The summed E-state index contributed by atoms with van der Waals surface area (Å²) in [5.74, 6) is 0.370. The van der Waals surface area contributed by atoms with Gasteiger partial charge < -0.3 is 10.2 Å². The van der Waals surface area contributed by atoms with Crippen LogP contribution in [0.5, 0.6) is 0 Å². The lowest BCUT2D eigenvalue weighted by Crippen LogP contribution is -2.20. The molecule has 1 rings (SSSR count). The molecular formula is C12H16N2O5S. The number of aliphatic hydroxyl groups is 2. The molecule has 1 aromatic rings. The molecule has 1 aromatic heterocycles. The van der Waals surface area contributed by atoms with Gasteiger partial charge in [-0.1, -0.05) is 11.8 Å². The number of aryl methyl sites for hydroxylation is 1. The summed E-state index contributed by atoms with van der Waals surface area (Å²) in [6.45, 7) is 3.02. The van der Waals surface area contributed by atoms with E-state index in [1.165, 1.54) is 13.0 Å². The number of nitro groups is 1. The summed E-state index contributed by atoms with van der Waals surface area (Å²) in [6, 6.07) is 1.20. The number of hydrogen-bond acceptors (Lipinski definition) is 7. The highest BCUT2D eigenvalue weighted by Crippen LogP contribution is 2.25. The first-order valence-electron chi connectivity index (χ1n) is 5.93. The molecule has 0 aliphatic heterocycles. The minimum atomic E-state index is -1.27. The Morgan fingerprint density at radius 1 is 1.55 bits per heavy atom. The van der Waals surface area contributed by atoms with Gasteiger partial charge in [0.1, 0.15) is 12.3 Å². The van der Waals surface area contributed by atoms with Gasteiger partial charge >= 0.3 is 0 Å². The van der Waals surface area contributed by atoms with Gasteiger partial charge in [-0.3, -0.25) is 19.9 Å². The zero-order valence-electron chi connectivity index (χ0n) is 11.1. The van der Waals surface area contributed by atoms with Gasteiger partial charge in [-0.2, -0.15) is 0 Å². The van der Waals surface area contributed by atoms with Crippen LogP contribution < -0.4 is 0 Å². The Morgan fingerprint density at radius 3 is 2.75 bits per heavy atom. The smallest absolute Gasteiger partial charge is 0.287 e. The first-order valence-corrected chi connectivity index (χ1v) is 6.92. The van der Waals surface area contributed by atoms with Crippen LogP contribution in [0.2, 0.25) is 0 Å². The molecule has 0 saturated carbocycles. The van der Waals surface area contributed by atoms with Gasteiger partial charge in [-0.05, 0) is 13.3 Å². The highest BCUT2D eigenvalue weighted by Gasteiger charge is 2.23. The molecular weight excluding hydrogens is 284 g/mol. The molecule has 2 atom stereocenters. The van der Waals surface area contributed by atoms with E-state index >= 15 is 0 Å². The molecule has 0 aromatic carbocycles. The molecule has 110 valence electrons. The fourth-order valence-electron chi connectivity index (χ4n) is 1.63. The third-order valence-corrected chi connectivity index (χ3v) is 3.57. The number of rotatable bonds is 6. The van der Waals surface area contributed by atoms with Crippen molar-refractivity contribution in [1.82, 2.24) is 4.98 Å². The Hall–Kier alpha value is -1.51. The predicted molar refractivity (Wildman–Crippen MR) is 74.4 cm³/mol. The van der Waals surface area contributed by atoms with Crippen LogP contribution in [0.15, 0.2) is 12.3 Å². The summed E-state index contributed by atoms with van der Waals surface area (Å²) in [4.78, 5) is 24.7. The van der Waals surface area contributed by atoms with Crippen molar-refractivity contribution in [3.05, 3.63) is 33.6 Å². The maximum absolute atomic E-state index is 10.8. The van der Waals surface area contributed by atoms with E-state index in [0.717, 1.165) is 18.0 Å². The summed E-state index contributed by atoms with van der Waals surface area (Å²) in [5, 5.41) is 30.5. The molecule has 0 saturated heterocycles. The van der Waals surface area contributed by atoms with Gasteiger partial charge in [-0.15, -0.1) is 0 Å². The van der Waals surface area contributed by atoms with E-state index in [2.05, 4.69) is 4.98 Å². The molecule has 20 heavy (non-hydrogen) atoms. The van der Waals surface area contributed by atoms with Crippen LogP contribution in [-0.4, -0.2) is 37.1 Å². The lowest BCUT2D eigenvalue weighted by atomic mass is 10.0. The first kappa shape index (κ1) is 16.5. The van der Waals surface area contributed by atoms with Crippen LogP contribution >= 0.6 is 11.8 Å². The van der Waals surface area contributed by atoms with Gasteiger partial charge in [0.05, 0.1) is 11.0 Å². The molecule has 7 nitrogen and oxygen atoms in total. The standard InChI is InChI=1S/C12H16N2O5S/c1-7-10(5-9(6-13-7)14(18)19)12(17)11(16)3-4-20-8(2)15/h5-6,11-12,16-17H,3-4H2,1-2H3. The van der Waals surface area contributed by atoms with Crippen molar-refractivity contribution in [2.75, 3.05) is 5.75 Å². The Kier molecular flexibility index (Phi) is 6.05. The van der Waals surface area contributed by atoms with E-state index in [-0.39, 0.29) is 22.8 Å². The number of nitrogens with zero attached hydrogens (tertiary/aromatic N) is 2. The highest BCUT2D eigenvalue weighted by molar-refractivity contribution is 8.13. The van der Waals surface area contributed by atoms with Crippen molar-refractivity contribution in [1.29, 1.82) is 0 Å². The summed E-state index contributed by atoms with van der Waals surface area (Å²) < 4.78 is 0. The van der Waals surface area contributed by atoms with E-state index in [4.69, 9.17) is 0 Å². The molecule has 2 N–H and O–H groups in total. The Labute approximate surface area is 120 Å². The second-order valence-corrected chi connectivity index (χ2v) is 5.54. The highest BCUT2D eigenvalue weighted by atomic mass is 32.2. The Bertz CT molecular complexity index is 509. The molecule has 0 radical (unpaired) electrons. The van der Waals surface area contributed by atoms with E-state index < -0.39 is 17.1 Å². The monoisotopic (exact) mass is 300 g/mol. The summed E-state index contributed by atoms with van der Waals surface area (Å²) in [5.41, 5.74) is 0.399. The van der Waals surface area contributed by atoms with Gasteiger partial charge in [-0.25, -0.2) is 0 Å². The summed E-state index contributed by atoms with van der Waals surface area (Å²) >= 11 is 1.05. The molecule has 0 aliphatic carbocycles. The van der Waals surface area contributed by atoms with Crippen LogP contribution in [0, 0.1) is 17.0 Å². The van der Waals surface area contributed by atoms with Crippen LogP contribution in [0.3, 0.4) is 0 Å². The van der Waals surface area contributed by atoms with Crippen molar-refractivity contribution >= 4 is 22.6 Å². The lowest BCUT2D eigenvalue weighted by Gasteiger charge is -2.18. The number of aliphatic hydroxyl groups excluding tert-OH is 2. The second-order valence-electron chi connectivity index (χ2n) is 4.27. The molecule has 0 aliphatic rings. The van der Waals surface area contributed by atoms with Crippen molar-refractivity contribution in [2.24, 2.45) is 0 Å². The number of carbonyl (C=O) groups excluding carboxylic acids is 1. The number of pyridine rings is 1. The summed E-state index contributed by atoms with van der Waals surface area (Å²) in [7, 11) is 0. The Morgan fingerprint density at radius 2 is 2.20 bits per heavy atom. The van der Waals surface area contributed by atoms with Gasteiger partial charge in [0.2, 0.25) is 0 Å². The molecule has 0 fully saturated rings. The SMILES string of the molecule is CC(=O)SCCC(O)C(O)c1cc([N+](=O)[O-])cnc1C. The van der Waals surface area contributed by atoms with Gasteiger partial charge in [0, 0.05) is 30.0 Å². The van der Waals surface area contributed by atoms with Crippen molar-refractivity contribution in [3.8, 4) is 0 Å². The average Bonchev–Trinajstić information content (AvgIpc) is 2.37. The van der Waals surface area contributed by atoms with E-state index in [0.29, 0.717) is 11.4 Å². The number of thioether (sulfide) groups is 1. The first-order chi connectivity index (χ1) is 9.32. The van der Waals surface area contributed by atoms with E-state index in [1.54, 1.807) is 6.92 Å². The zero-order chi connectivity index (χ0) is 15.3. The van der Waals surface area contributed by atoms with Gasteiger partial charge in [0.25, 0.3) is 5.69 Å². The number of aromatic nitrogens is 1. The minimum absolute atomic E-state index is 0.0696. The van der Waals surface area contributed by atoms with Crippen LogP contribution in [0.25, 0.3) is 0 Å². The normalized spacial score (nSPS) is 13.8. The lowest BCUT2D eigenvalue weighted by molar-refractivity contribution is -0.385. The average molecular weight is 300 g/mol. The predicted octanol–water partition coefficient (Wildman–Crippen LogP) is 1.36. The quantitative estimate of drug-likeness (QED) is 0.602. The minimum Gasteiger partial charge on any atom is -0.390 e. The van der Waals surface area contributed by atoms with E-state index in [9.17, 15) is 25.1 Å². The maximum atomic E-state index is 10.8. The zero-order valence-corrected chi connectivity index (χ0v) is 12.0. The Balaban J connectivity index is 2.79. The molecule has 1 heterocycles. The molecule has 0 amide bonds. The third kappa shape index (κ3) is 4.55. The largest absolute Gasteiger partial charge is 0.390 e. The fourth-order valence-corrected chi connectivity index (χ4v) is 2.27. The van der Waals surface area contributed by atoms with Crippen LogP contribution in [-0.2, 0) is 4.79 Å². The molecule has 2 unspecified atom stereocenters. The van der Waals surface area contributed by atoms with Crippen molar-refractivity contribution in [3.63, 3.8) is 0 Å². The fraction of sp³-hybridized carbons (Fsp3) is 0.500. The molecule has 0 spiro atoms. The maximum Gasteiger partial charge on any atom is 0.287 e. The van der Waals surface area contributed by atoms with E-state index in [1.807, 2.05) is 0 Å². The van der Waals surface area contributed by atoms with Crippen LogP contribution in [0.4, 0.5) is 5.69 Å². The van der Waals surface area contributed by atoms with Gasteiger partial charge in [0.15, 0.2) is 5.12 Å². The molecule has 0 bridgehead atoms. The topological polar surface area (TPSA) is 114 Å². The second kappa shape index (κ2) is 7.32. The van der Waals surface area contributed by atoms with Crippen molar-refractivity contribution in [2.45, 2.75) is 32.5 Å². The van der Waals surface area contributed by atoms with Crippen LogP contribution in [0.1, 0.15) is 30.7 Å². The number of hydrogen-bond donors (Lipinski definition) is 2.